The number of carbonyl (C=O) groups excluding carboxylic acids is 2. The lowest BCUT2D eigenvalue weighted by molar-refractivity contribution is -0.150. The van der Waals surface area contributed by atoms with Gasteiger partial charge in [-0.25, -0.2) is 13.6 Å². The maximum atomic E-state index is 13.7. The van der Waals surface area contributed by atoms with Crippen molar-refractivity contribution in [3.8, 4) is 0 Å². The van der Waals surface area contributed by atoms with E-state index in [1.54, 1.807) is 0 Å². The average molecular weight is 545 g/mol. The zero-order chi connectivity index (χ0) is 27.5. The molecule has 0 aliphatic heterocycles. The summed E-state index contributed by atoms with van der Waals surface area (Å²) in [6.07, 6.45) is 0.120. The second-order valence-corrected chi connectivity index (χ2v) is 9.80. The zero-order valence-electron chi connectivity index (χ0n) is 21.5. The van der Waals surface area contributed by atoms with E-state index in [1.807, 2.05) is 29.0 Å². The largest absolute Gasteiger partial charge is 0.459 e. The van der Waals surface area contributed by atoms with Crippen LogP contribution < -0.4 is 21.7 Å². The van der Waals surface area contributed by atoms with Crippen molar-refractivity contribution in [2.75, 3.05) is 13.6 Å². The topological polar surface area (TPSA) is 105 Å². The van der Waals surface area contributed by atoms with Crippen LogP contribution in [-0.2, 0) is 28.9 Å². The van der Waals surface area contributed by atoms with Gasteiger partial charge >= 0.3 is 12.0 Å². The molecule has 0 fully saturated rings. The summed E-state index contributed by atoms with van der Waals surface area (Å²) >= 11 is 1.45. The molecular weight excluding hydrogens is 510 g/mol. The van der Waals surface area contributed by atoms with Crippen molar-refractivity contribution in [3.63, 3.8) is 0 Å². The second-order valence-electron chi connectivity index (χ2n) is 9.02. The highest BCUT2D eigenvalue weighted by Gasteiger charge is 2.26. The van der Waals surface area contributed by atoms with Crippen LogP contribution in [0.4, 0.5) is 13.6 Å². The summed E-state index contributed by atoms with van der Waals surface area (Å²) in [4.78, 5) is 25.0. The van der Waals surface area contributed by atoms with E-state index in [0.29, 0.717) is 12.1 Å². The second kappa shape index (κ2) is 14.6. The number of amides is 2. The lowest BCUT2D eigenvalue weighted by Gasteiger charge is -2.26. The van der Waals surface area contributed by atoms with Gasteiger partial charge in [0.15, 0.2) is 0 Å². The Hall–Kier alpha value is -3.34. The highest BCUT2D eigenvalue weighted by molar-refractivity contribution is 7.08. The summed E-state index contributed by atoms with van der Waals surface area (Å²) in [6, 6.07) is 11.4. The molecule has 0 saturated heterocycles. The van der Waals surface area contributed by atoms with Crippen LogP contribution in [0, 0.1) is 11.6 Å². The first-order chi connectivity index (χ1) is 18.3. The first kappa shape index (κ1) is 29.2. The zero-order valence-corrected chi connectivity index (χ0v) is 22.3. The number of thiophene rings is 1. The van der Waals surface area contributed by atoms with Crippen LogP contribution in [0.5, 0.6) is 0 Å². The number of halogens is 2. The molecular formula is C28H34F2N4O3S. The fourth-order valence-electron chi connectivity index (χ4n) is 4.07. The van der Waals surface area contributed by atoms with Gasteiger partial charge in [-0.2, -0.15) is 11.3 Å². The van der Waals surface area contributed by atoms with Crippen LogP contribution >= 0.6 is 11.3 Å². The highest BCUT2D eigenvalue weighted by Crippen LogP contribution is 2.21. The maximum absolute atomic E-state index is 13.7. The molecule has 1 aromatic heterocycles. The number of ether oxygens (including phenoxy) is 1. The van der Waals surface area contributed by atoms with Gasteiger partial charge in [0.1, 0.15) is 17.7 Å². The van der Waals surface area contributed by atoms with E-state index in [0.717, 1.165) is 23.6 Å². The number of hydrogen-bond donors (Lipinski definition) is 4. The summed E-state index contributed by atoms with van der Waals surface area (Å²) in [7, 11) is 1.49. The van der Waals surface area contributed by atoms with Crippen molar-refractivity contribution < 1.29 is 23.1 Å². The molecule has 38 heavy (non-hydrogen) atoms. The first-order valence-electron chi connectivity index (χ1n) is 12.5. The van der Waals surface area contributed by atoms with E-state index in [2.05, 4.69) is 35.0 Å². The number of nitrogens with two attached hydrogens (primary N) is 1. The van der Waals surface area contributed by atoms with Gasteiger partial charge in [-0.1, -0.05) is 31.2 Å². The minimum atomic E-state index is -0.786. The lowest BCUT2D eigenvalue weighted by Crippen LogP contribution is -2.46. The Bertz CT molecular complexity index is 1170. The number of hydrogen-bond acceptors (Lipinski definition) is 6. The Morgan fingerprint density at radius 2 is 1.79 bits per heavy atom. The summed E-state index contributed by atoms with van der Waals surface area (Å²) < 4.78 is 33.3. The predicted octanol–water partition coefficient (Wildman–Crippen LogP) is 4.22. The molecule has 5 N–H and O–H groups in total. The van der Waals surface area contributed by atoms with E-state index < -0.39 is 41.8 Å². The molecule has 0 radical (unpaired) electrons. The minimum absolute atomic E-state index is 0.101. The van der Waals surface area contributed by atoms with Gasteiger partial charge in [-0.15, -0.1) is 0 Å². The number of benzene rings is 2. The normalized spacial score (nSPS) is 13.4. The van der Waals surface area contributed by atoms with Crippen molar-refractivity contribution in [2.24, 2.45) is 5.73 Å². The number of aryl methyl sites for hydroxylation is 1. The van der Waals surface area contributed by atoms with Crippen molar-refractivity contribution >= 4 is 23.3 Å². The quantitative estimate of drug-likeness (QED) is 0.241. The molecule has 0 spiro atoms. The third kappa shape index (κ3) is 9.20. The van der Waals surface area contributed by atoms with Gasteiger partial charge in [0, 0.05) is 32.2 Å². The number of urea groups is 1. The Morgan fingerprint density at radius 1 is 1.05 bits per heavy atom. The van der Waals surface area contributed by atoms with Gasteiger partial charge in [-0.05, 0) is 64.1 Å². The molecule has 3 atom stereocenters. The number of rotatable bonds is 13. The van der Waals surface area contributed by atoms with Crippen LogP contribution in [0.25, 0.3) is 0 Å². The Kier molecular flexibility index (Phi) is 11.2. The van der Waals surface area contributed by atoms with Crippen molar-refractivity contribution in [3.05, 3.63) is 93.2 Å². The molecule has 2 aromatic carbocycles. The van der Waals surface area contributed by atoms with E-state index >= 15 is 0 Å². The summed E-state index contributed by atoms with van der Waals surface area (Å²) in [6.45, 7) is 2.84. The van der Waals surface area contributed by atoms with Crippen molar-refractivity contribution in [1.29, 1.82) is 0 Å². The van der Waals surface area contributed by atoms with Gasteiger partial charge in [0.2, 0.25) is 0 Å². The number of carbonyl (C=O) groups is 2. The Labute approximate surface area is 225 Å². The van der Waals surface area contributed by atoms with E-state index in [-0.39, 0.29) is 19.4 Å². The molecule has 1 heterocycles. The monoisotopic (exact) mass is 544 g/mol. The fraction of sp³-hybridized carbons (Fsp3) is 0.357. The third-order valence-corrected chi connectivity index (χ3v) is 6.78. The Morgan fingerprint density at radius 3 is 2.45 bits per heavy atom. The third-order valence-electron chi connectivity index (χ3n) is 6.08. The molecule has 1 unspecified atom stereocenters. The van der Waals surface area contributed by atoms with Crippen molar-refractivity contribution in [1.82, 2.24) is 16.0 Å². The van der Waals surface area contributed by atoms with Crippen molar-refractivity contribution in [2.45, 2.75) is 50.9 Å². The van der Waals surface area contributed by atoms with E-state index in [1.165, 1.54) is 36.1 Å². The van der Waals surface area contributed by atoms with E-state index in [9.17, 15) is 18.4 Å². The van der Waals surface area contributed by atoms with Crippen LogP contribution in [-0.4, -0.2) is 37.7 Å². The number of esters is 1. The van der Waals surface area contributed by atoms with Crippen LogP contribution in [0.3, 0.4) is 0 Å². The fourth-order valence-corrected chi connectivity index (χ4v) is 4.78. The van der Waals surface area contributed by atoms with E-state index in [4.69, 9.17) is 10.5 Å². The number of nitrogens with one attached hydrogen (secondary N) is 3. The van der Waals surface area contributed by atoms with Gasteiger partial charge in [-0.3, -0.25) is 4.79 Å². The molecule has 2 amide bonds. The van der Waals surface area contributed by atoms with Crippen LogP contribution in [0.1, 0.15) is 41.6 Å². The molecule has 3 rings (SSSR count). The molecule has 3 aromatic rings. The molecule has 0 aliphatic rings. The maximum Gasteiger partial charge on any atom is 0.315 e. The summed E-state index contributed by atoms with van der Waals surface area (Å²) in [5.41, 5.74) is 9.83. The molecule has 10 heteroatoms. The lowest BCUT2D eigenvalue weighted by atomic mass is 10.0. The SMILES string of the molecule is CCc1cccc(CNC[C@@H](OC(=O)CC(NC(=O)NC)c2ccsc2)[C@@H](N)Cc2cc(F)cc(F)c2)c1. The molecule has 7 nitrogen and oxygen atoms in total. The standard InChI is InChI=1S/C28H34F2N4O3S/c1-3-18-5-4-6-19(9-18)15-33-16-26(24(31)12-20-10-22(29)13-23(30)11-20)37-27(35)14-25(34-28(36)32-2)21-7-8-38-17-21/h4-11,13,17,24-26,33H,3,12,14-16,31H2,1-2H3,(H2,32,34,36)/t24-,25?,26+/m0/s1. The van der Waals surface area contributed by atoms with Crippen LogP contribution in [0.15, 0.2) is 59.3 Å². The first-order valence-corrected chi connectivity index (χ1v) is 13.4. The molecule has 204 valence electrons. The van der Waals surface area contributed by atoms with Gasteiger partial charge < -0.3 is 26.4 Å². The highest BCUT2D eigenvalue weighted by atomic mass is 32.1. The van der Waals surface area contributed by atoms with Gasteiger partial charge in [0.25, 0.3) is 0 Å². The van der Waals surface area contributed by atoms with Gasteiger partial charge in [0.05, 0.1) is 12.5 Å². The van der Waals surface area contributed by atoms with Crippen LogP contribution in [0.2, 0.25) is 0 Å². The smallest absolute Gasteiger partial charge is 0.315 e. The molecule has 0 bridgehead atoms. The average Bonchev–Trinajstić information content (AvgIpc) is 3.42. The minimum Gasteiger partial charge on any atom is -0.459 e. The predicted molar refractivity (Wildman–Crippen MR) is 145 cm³/mol. The molecule has 0 saturated carbocycles. The Balaban J connectivity index is 1.71. The summed E-state index contributed by atoms with van der Waals surface area (Å²) in [5.74, 6) is -1.96. The molecule has 0 aliphatic carbocycles. The summed E-state index contributed by atoms with van der Waals surface area (Å²) in [5, 5.41) is 12.2.